The summed E-state index contributed by atoms with van der Waals surface area (Å²) in [6.45, 7) is 6.15. The number of hydrogen-bond acceptors (Lipinski definition) is 2. The van der Waals surface area contributed by atoms with Gasteiger partial charge in [-0.15, -0.1) is 0 Å². The molecule has 0 saturated carbocycles. The third-order valence-corrected chi connectivity index (χ3v) is 4.02. The van der Waals surface area contributed by atoms with Gasteiger partial charge in [-0.2, -0.15) is 0 Å². The maximum atomic E-state index is 5.73. The molecule has 1 aliphatic rings. The average molecular weight is 272 g/mol. The molecular formula is C17H24N2O. The molecule has 0 spiro atoms. The van der Waals surface area contributed by atoms with Crippen molar-refractivity contribution in [2.24, 2.45) is 0 Å². The normalized spacial score (nSPS) is 18.9. The minimum Gasteiger partial charge on any atom is -0.376 e. The van der Waals surface area contributed by atoms with Crippen molar-refractivity contribution in [2.45, 2.75) is 45.4 Å². The lowest BCUT2D eigenvalue weighted by molar-refractivity contribution is 0.0980. The smallest absolute Gasteiger partial charge is 0.0754 e. The highest BCUT2D eigenvalue weighted by molar-refractivity contribution is 5.80. The van der Waals surface area contributed by atoms with Gasteiger partial charge in [-0.1, -0.05) is 13.0 Å². The van der Waals surface area contributed by atoms with E-state index < -0.39 is 0 Å². The predicted molar refractivity (Wildman–Crippen MR) is 82.9 cm³/mol. The van der Waals surface area contributed by atoms with Gasteiger partial charge in [0, 0.05) is 31.4 Å². The number of benzene rings is 1. The SMILES string of the molecule is CCCNCc1ccc2c(ccn2CC2CCCO2)c1. The second-order valence-corrected chi connectivity index (χ2v) is 5.67. The lowest BCUT2D eigenvalue weighted by atomic mass is 10.1. The summed E-state index contributed by atoms with van der Waals surface area (Å²) in [7, 11) is 0. The van der Waals surface area contributed by atoms with Gasteiger partial charge >= 0.3 is 0 Å². The van der Waals surface area contributed by atoms with Crippen LogP contribution in [-0.4, -0.2) is 23.8 Å². The number of hydrogen-bond donors (Lipinski definition) is 1. The standard InChI is InChI=1S/C17H24N2O/c1-2-8-18-12-14-5-6-17-15(11-14)7-9-19(17)13-16-4-3-10-20-16/h5-7,9,11,16,18H,2-4,8,10,12-13H2,1H3. The Kier molecular flexibility index (Phi) is 4.38. The third-order valence-electron chi connectivity index (χ3n) is 4.02. The minimum atomic E-state index is 0.400. The molecule has 3 heteroatoms. The number of fused-ring (bicyclic) bond motifs is 1. The van der Waals surface area contributed by atoms with Crippen LogP contribution < -0.4 is 5.32 Å². The Morgan fingerprint density at radius 2 is 2.30 bits per heavy atom. The fourth-order valence-electron chi connectivity index (χ4n) is 2.94. The van der Waals surface area contributed by atoms with Gasteiger partial charge in [0.1, 0.15) is 0 Å². The van der Waals surface area contributed by atoms with E-state index in [-0.39, 0.29) is 0 Å². The largest absolute Gasteiger partial charge is 0.376 e. The summed E-state index contributed by atoms with van der Waals surface area (Å²) in [5, 5.41) is 4.79. The molecule has 0 radical (unpaired) electrons. The fourth-order valence-corrected chi connectivity index (χ4v) is 2.94. The van der Waals surface area contributed by atoms with Crippen molar-refractivity contribution in [1.82, 2.24) is 9.88 Å². The van der Waals surface area contributed by atoms with E-state index in [0.717, 1.165) is 26.2 Å². The highest BCUT2D eigenvalue weighted by atomic mass is 16.5. The maximum Gasteiger partial charge on any atom is 0.0754 e. The van der Waals surface area contributed by atoms with Crippen LogP contribution in [0, 0.1) is 0 Å². The van der Waals surface area contributed by atoms with Gasteiger partial charge in [0.05, 0.1) is 6.10 Å². The first kappa shape index (κ1) is 13.7. The van der Waals surface area contributed by atoms with Gasteiger partial charge < -0.3 is 14.6 Å². The molecule has 1 unspecified atom stereocenters. The average Bonchev–Trinajstić information content (AvgIpc) is 3.10. The van der Waals surface area contributed by atoms with Crippen LogP contribution in [0.2, 0.25) is 0 Å². The molecule has 1 aliphatic heterocycles. The van der Waals surface area contributed by atoms with E-state index >= 15 is 0 Å². The Morgan fingerprint density at radius 3 is 3.10 bits per heavy atom. The van der Waals surface area contributed by atoms with Crippen molar-refractivity contribution < 1.29 is 4.74 Å². The molecule has 0 aliphatic carbocycles. The van der Waals surface area contributed by atoms with Gasteiger partial charge in [0.15, 0.2) is 0 Å². The molecular weight excluding hydrogens is 248 g/mol. The van der Waals surface area contributed by atoms with Crippen molar-refractivity contribution >= 4 is 10.9 Å². The molecule has 3 rings (SSSR count). The number of nitrogens with one attached hydrogen (secondary N) is 1. The zero-order valence-corrected chi connectivity index (χ0v) is 12.3. The Labute approximate surface area is 120 Å². The van der Waals surface area contributed by atoms with Gasteiger partial charge in [0.25, 0.3) is 0 Å². The van der Waals surface area contributed by atoms with Gasteiger partial charge in [-0.05, 0) is 55.0 Å². The summed E-state index contributed by atoms with van der Waals surface area (Å²) in [4.78, 5) is 0. The molecule has 2 heterocycles. The van der Waals surface area contributed by atoms with E-state index in [1.54, 1.807) is 0 Å². The molecule has 2 aromatic rings. The molecule has 0 bridgehead atoms. The second-order valence-electron chi connectivity index (χ2n) is 5.67. The molecule has 1 fully saturated rings. The summed E-state index contributed by atoms with van der Waals surface area (Å²) < 4.78 is 8.06. The van der Waals surface area contributed by atoms with E-state index in [1.807, 2.05) is 0 Å². The third kappa shape index (κ3) is 3.05. The van der Waals surface area contributed by atoms with E-state index in [2.05, 4.69) is 47.3 Å². The van der Waals surface area contributed by atoms with Crippen LogP contribution in [0.15, 0.2) is 30.5 Å². The summed E-state index contributed by atoms with van der Waals surface area (Å²) in [5.74, 6) is 0. The molecule has 0 amide bonds. The first-order valence-corrected chi connectivity index (χ1v) is 7.77. The van der Waals surface area contributed by atoms with Crippen LogP contribution in [-0.2, 0) is 17.8 Å². The molecule has 1 aromatic carbocycles. The van der Waals surface area contributed by atoms with E-state index in [1.165, 1.54) is 35.7 Å². The fraction of sp³-hybridized carbons (Fsp3) is 0.529. The highest BCUT2D eigenvalue weighted by Crippen LogP contribution is 2.21. The van der Waals surface area contributed by atoms with Crippen LogP contribution in [0.3, 0.4) is 0 Å². The van der Waals surface area contributed by atoms with Crippen LogP contribution >= 0.6 is 0 Å². The monoisotopic (exact) mass is 272 g/mol. The lowest BCUT2D eigenvalue weighted by Gasteiger charge is -2.12. The molecule has 3 nitrogen and oxygen atoms in total. The second kappa shape index (κ2) is 6.42. The first-order valence-electron chi connectivity index (χ1n) is 7.77. The molecule has 1 N–H and O–H groups in total. The molecule has 1 aromatic heterocycles. The van der Waals surface area contributed by atoms with Gasteiger partial charge in [-0.3, -0.25) is 0 Å². The summed E-state index contributed by atoms with van der Waals surface area (Å²) in [6.07, 6.45) is 6.17. The van der Waals surface area contributed by atoms with Crippen LogP contribution in [0.4, 0.5) is 0 Å². The zero-order valence-electron chi connectivity index (χ0n) is 12.3. The Balaban J connectivity index is 1.72. The summed E-state index contributed by atoms with van der Waals surface area (Å²) in [5.41, 5.74) is 2.68. The number of ether oxygens (including phenoxy) is 1. The van der Waals surface area contributed by atoms with Crippen molar-refractivity contribution in [3.05, 3.63) is 36.0 Å². The van der Waals surface area contributed by atoms with Crippen LogP contribution in [0.1, 0.15) is 31.7 Å². The highest BCUT2D eigenvalue weighted by Gasteiger charge is 2.16. The maximum absolute atomic E-state index is 5.73. The Bertz CT molecular complexity index is 555. The predicted octanol–water partition coefficient (Wildman–Crippen LogP) is 3.32. The molecule has 20 heavy (non-hydrogen) atoms. The van der Waals surface area contributed by atoms with Gasteiger partial charge in [-0.25, -0.2) is 0 Å². The molecule has 1 atom stereocenters. The van der Waals surface area contributed by atoms with Crippen molar-refractivity contribution in [1.29, 1.82) is 0 Å². The van der Waals surface area contributed by atoms with Crippen LogP contribution in [0.25, 0.3) is 10.9 Å². The summed E-state index contributed by atoms with van der Waals surface area (Å²) >= 11 is 0. The van der Waals surface area contributed by atoms with E-state index in [9.17, 15) is 0 Å². The van der Waals surface area contributed by atoms with Crippen molar-refractivity contribution in [2.75, 3.05) is 13.2 Å². The Hall–Kier alpha value is -1.32. The van der Waals surface area contributed by atoms with E-state index in [0.29, 0.717) is 6.10 Å². The molecule has 1 saturated heterocycles. The Morgan fingerprint density at radius 1 is 1.35 bits per heavy atom. The number of nitrogens with zero attached hydrogens (tertiary/aromatic N) is 1. The summed E-state index contributed by atoms with van der Waals surface area (Å²) in [6, 6.07) is 8.99. The van der Waals surface area contributed by atoms with Crippen molar-refractivity contribution in [3.8, 4) is 0 Å². The van der Waals surface area contributed by atoms with Gasteiger partial charge in [0.2, 0.25) is 0 Å². The number of aromatic nitrogens is 1. The van der Waals surface area contributed by atoms with Crippen molar-refractivity contribution in [3.63, 3.8) is 0 Å². The van der Waals surface area contributed by atoms with E-state index in [4.69, 9.17) is 4.74 Å². The first-order chi connectivity index (χ1) is 9.86. The minimum absolute atomic E-state index is 0.400. The topological polar surface area (TPSA) is 26.2 Å². The molecule has 108 valence electrons. The zero-order chi connectivity index (χ0) is 13.8. The van der Waals surface area contributed by atoms with Crippen LogP contribution in [0.5, 0.6) is 0 Å². The lowest BCUT2D eigenvalue weighted by Crippen LogP contribution is -2.14. The quantitative estimate of drug-likeness (QED) is 0.816. The number of rotatable bonds is 6.